The van der Waals surface area contributed by atoms with Crippen molar-refractivity contribution in [1.29, 1.82) is 0 Å². The number of thiazole rings is 1. The van der Waals surface area contributed by atoms with Crippen LogP contribution in [0.2, 0.25) is 10.2 Å². The van der Waals surface area contributed by atoms with Crippen LogP contribution >= 0.6 is 34.5 Å². The summed E-state index contributed by atoms with van der Waals surface area (Å²) in [5.74, 6) is 0.600. The summed E-state index contributed by atoms with van der Waals surface area (Å²) in [7, 11) is 0. The summed E-state index contributed by atoms with van der Waals surface area (Å²) in [4.78, 5) is 14.2. The van der Waals surface area contributed by atoms with Crippen LogP contribution in [-0.2, 0) is 0 Å². The molecule has 3 rings (SSSR count). The molecule has 0 aliphatic heterocycles. The lowest BCUT2D eigenvalue weighted by Gasteiger charge is -2.03. The standard InChI is InChI=1S/C13H9Cl2N3S/c1-6-11(19-7(2)16-6)13-17-10-5-8(14)3-4-9(10)12(15)18-13/h3-5H,1-2H3. The van der Waals surface area contributed by atoms with Gasteiger partial charge in [0, 0.05) is 10.4 Å². The van der Waals surface area contributed by atoms with Crippen LogP contribution in [0, 0.1) is 13.8 Å². The minimum Gasteiger partial charge on any atom is -0.246 e. The number of aryl methyl sites for hydroxylation is 2. The van der Waals surface area contributed by atoms with Gasteiger partial charge in [-0.15, -0.1) is 11.3 Å². The maximum absolute atomic E-state index is 6.21. The van der Waals surface area contributed by atoms with Gasteiger partial charge in [0.2, 0.25) is 0 Å². The molecule has 1 aromatic carbocycles. The predicted molar refractivity (Wildman–Crippen MR) is 80.1 cm³/mol. The molecule has 0 radical (unpaired) electrons. The van der Waals surface area contributed by atoms with E-state index in [4.69, 9.17) is 23.2 Å². The Kier molecular flexibility index (Phi) is 3.17. The van der Waals surface area contributed by atoms with Gasteiger partial charge in [0.25, 0.3) is 0 Å². The van der Waals surface area contributed by atoms with Gasteiger partial charge < -0.3 is 0 Å². The van der Waals surface area contributed by atoms with Gasteiger partial charge in [-0.3, -0.25) is 0 Å². The van der Waals surface area contributed by atoms with Crippen LogP contribution in [0.5, 0.6) is 0 Å². The molecule has 0 N–H and O–H groups in total. The number of aromatic nitrogens is 3. The fraction of sp³-hybridized carbons (Fsp3) is 0.154. The van der Waals surface area contributed by atoms with Crippen molar-refractivity contribution < 1.29 is 0 Å². The fourth-order valence-electron chi connectivity index (χ4n) is 1.90. The Morgan fingerprint density at radius 1 is 1.05 bits per heavy atom. The van der Waals surface area contributed by atoms with Crippen molar-refractivity contribution >= 4 is 45.4 Å². The van der Waals surface area contributed by atoms with Gasteiger partial charge >= 0.3 is 0 Å². The summed E-state index contributed by atoms with van der Waals surface area (Å²) in [6, 6.07) is 5.40. The van der Waals surface area contributed by atoms with Crippen molar-refractivity contribution in [1.82, 2.24) is 15.0 Å². The molecule has 0 fully saturated rings. The monoisotopic (exact) mass is 309 g/mol. The highest BCUT2D eigenvalue weighted by atomic mass is 35.5. The molecule has 2 aromatic heterocycles. The molecule has 96 valence electrons. The number of rotatable bonds is 1. The van der Waals surface area contributed by atoms with E-state index in [0.29, 0.717) is 16.0 Å². The van der Waals surface area contributed by atoms with E-state index < -0.39 is 0 Å². The minimum atomic E-state index is 0.433. The van der Waals surface area contributed by atoms with Gasteiger partial charge in [-0.05, 0) is 32.0 Å². The van der Waals surface area contributed by atoms with Crippen LogP contribution in [0.4, 0.5) is 0 Å². The maximum Gasteiger partial charge on any atom is 0.173 e. The van der Waals surface area contributed by atoms with E-state index in [1.54, 1.807) is 23.5 Å². The Hall–Kier alpha value is -1.23. The number of hydrogen-bond donors (Lipinski definition) is 0. The molecule has 0 unspecified atom stereocenters. The van der Waals surface area contributed by atoms with Crippen molar-refractivity contribution in [3.05, 3.63) is 39.1 Å². The third-order valence-corrected chi connectivity index (χ3v) is 4.31. The Labute approximate surface area is 124 Å². The van der Waals surface area contributed by atoms with E-state index in [2.05, 4.69) is 15.0 Å². The number of hydrogen-bond acceptors (Lipinski definition) is 4. The quantitative estimate of drug-likeness (QED) is 0.613. The highest BCUT2D eigenvalue weighted by Crippen LogP contribution is 2.31. The van der Waals surface area contributed by atoms with Gasteiger partial charge in [0.05, 0.1) is 21.1 Å². The van der Waals surface area contributed by atoms with Gasteiger partial charge in [-0.1, -0.05) is 23.2 Å². The normalized spacial score (nSPS) is 11.2. The average molecular weight is 310 g/mol. The minimum absolute atomic E-state index is 0.433. The third kappa shape index (κ3) is 2.31. The lowest BCUT2D eigenvalue weighted by molar-refractivity contribution is 1.17. The van der Waals surface area contributed by atoms with Crippen LogP contribution in [0.1, 0.15) is 10.7 Å². The van der Waals surface area contributed by atoms with Gasteiger partial charge in [0.15, 0.2) is 5.82 Å². The zero-order valence-electron chi connectivity index (χ0n) is 10.2. The maximum atomic E-state index is 6.21. The van der Waals surface area contributed by atoms with Crippen molar-refractivity contribution in [3.8, 4) is 10.7 Å². The molecular formula is C13H9Cl2N3S. The molecule has 0 atom stereocenters. The van der Waals surface area contributed by atoms with Crippen molar-refractivity contribution in [2.24, 2.45) is 0 Å². The highest BCUT2D eigenvalue weighted by Gasteiger charge is 2.13. The Morgan fingerprint density at radius 3 is 2.53 bits per heavy atom. The lowest BCUT2D eigenvalue weighted by Crippen LogP contribution is -1.91. The van der Waals surface area contributed by atoms with E-state index in [-0.39, 0.29) is 0 Å². The molecule has 0 bridgehead atoms. The first-order valence-corrected chi connectivity index (χ1v) is 7.19. The van der Waals surface area contributed by atoms with E-state index >= 15 is 0 Å². The van der Waals surface area contributed by atoms with Crippen LogP contribution in [0.15, 0.2) is 18.2 Å². The summed E-state index contributed by atoms with van der Waals surface area (Å²) in [5, 5.41) is 2.85. The van der Waals surface area contributed by atoms with Crippen LogP contribution in [0.25, 0.3) is 21.6 Å². The SMILES string of the molecule is Cc1nc(C)c(-c2nc(Cl)c3ccc(Cl)cc3n2)s1. The Balaban J connectivity index is 2.28. The first-order valence-electron chi connectivity index (χ1n) is 5.62. The zero-order chi connectivity index (χ0) is 13.6. The molecule has 0 aliphatic carbocycles. The fourth-order valence-corrected chi connectivity index (χ4v) is 3.16. The first kappa shape index (κ1) is 12.8. The van der Waals surface area contributed by atoms with Crippen molar-refractivity contribution in [2.45, 2.75) is 13.8 Å². The molecule has 19 heavy (non-hydrogen) atoms. The Bertz CT molecular complexity index is 783. The second-order valence-electron chi connectivity index (χ2n) is 4.15. The number of nitrogens with zero attached hydrogens (tertiary/aromatic N) is 3. The molecule has 0 aliphatic rings. The van der Waals surface area contributed by atoms with Crippen molar-refractivity contribution in [2.75, 3.05) is 0 Å². The largest absolute Gasteiger partial charge is 0.246 e. The average Bonchev–Trinajstić information content (AvgIpc) is 2.67. The highest BCUT2D eigenvalue weighted by molar-refractivity contribution is 7.15. The zero-order valence-corrected chi connectivity index (χ0v) is 12.6. The van der Waals surface area contributed by atoms with Crippen LogP contribution in [0.3, 0.4) is 0 Å². The summed E-state index contributed by atoms with van der Waals surface area (Å²) in [6.07, 6.45) is 0. The predicted octanol–water partition coefficient (Wildman–Crippen LogP) is 4.68. The third-order valence-electron chi connectivity index (χ3n) is 2.72. The molecule has 0 saturated heterocycles. The van der Waals surface area contributed by atoms with Gasteiger partial charge in [-0.25, -0.2) is 15.0 Å². The molecule has 3 aromatic rings. The molecule has 6 heteroatoms. The molecular weight excluding hydrogens is 301 g/mol. The number of halogens is 2. The topological polar surface area (TPSA) is 38.7 Å². The summed E-state index contributed by atoms with van der Waals surface area (Å²) < 4.78 is 0. The van der Waals surface area contributed by atoms with E-state index in [1.807, 2.05) is 19.9 Å². The van der Waals surface area contributed by atoms with Crippen LogP contribution in [-0.4, -0.2) is 15.0 Å². The van der Waals surface area contributed by atoms with Crippen molar-refractivity contribution in [3.63, 3.8) is 0 Å². The molecule has 2 heterocycles. The second kappa shape index (κ2) is 4.71. The number of benzene rings is 1. The molecule has 0 spiro atoms. The second-order valence-corrected chi connectivity index (χ2v) is 6.14. The molecule has 3 nitrogen and oxygen atoms in total. The summed E-state index contributed by atoms with van der Waals surface area (Å²) >= 11 is 13.8. The summed E-state index contributed by atoms with van der Waals surface area (Å²) in [6.45, 7) is 3.90. The molecule has 0 amide bonds. The summed E-state index contributed by atoms with van der Waals surface area (Å²) in [5.41, 5.74) is 1.66. The van der Waals surface area contributed by atoms with Gasteiger partial charge in [-0.2, -0.15) is 0 Å². The first-order chi connectivity index (χ1) is 9.04. The van der Waals surface area contributed by atoms with Crippen LogP contribution < -0.4 is 0 Å². The number of fused-ring (bicyclic) bond motifs is 1. The van der Waals surface area contributed by atoms with E-state index in [9.17, 15) is 0 Å². The Morgan fingerprint density at radius 2 is 1.84 bits per heavy atom. The van der Waals surface area contributed by atoms with Gasteiger partial charge in [0.1, 0.15) is 5.15 Å². The molecule has 0 saturated carbocycles. The van der Waals surface area contributed by atoms with E-state index in [0.717, 1.165) is 26.5 Å². The van der Waals surface area contributed by atoms with E-state index in [1.165, 1.54) is 0 Å². The smallest absolute Gasteiger partial charge is 0.173 e. The lowest BCUT2D eigenvalue weighted by atomic mass is 10.2.